The SMILES string of the molecule is Cc1cncn1C(C)CCCC(C)C. The maximum absolute atomic E-state index is 4.15. The van der Waals surface area contributed by atoms with Crippen LogP contribution >= 0.6 is 0 Å². The van der Waals surface area contributed by atoms with Gasteiger partial charge in [-0.3, -0.25) is 0 Å². The van der Waals surface area contributed by atoms with E-state index < -0.39 is 0 Å². The van der Waals surface area contributed by atoms with E-state index >= 15 is 0 Å². The van der Waals surface area contributed by atoms with E-state index in [1.165, 1.54) is 25.0 Å². The molecule has 1 aromatic heterocycles. The van der Waals surface area contributed by atoms with Crippen LogP contribution in [0.2, 0.25) is 0 Å². The van der Waals surface area contributed by atoms with Gasteiger partial charge in [0, 0.05) is 17.9 Å². The fourth-order valence-corrected chi connectivity index (χ4v) is 1.79. The van der Waals surface area contributed by atoms with Crippen molar-refractivity contribution in [1.82, 2.24) is 9.55 Å². The summed E-state index contributed by atoms with van der Waals surface area (Å²) >= 11 is 0. The van der Waals surface area contributed by atoms with Gasteiger partial charge in [-0.15, -0.1) is 0 Å². The lowest BCUT2D eigenvalue weighted by Crippen LogP contribution is -2.05. The third kappa shape index (κ3) is 3.17. The van der Waals surface area contributed by atoms with Crippen LogP contribution in [-0.4, -0.2) is 9.55 Å². The van der Waals surface area contributed by atoms with Crippen molar-refractivity contribution >= 4 is 0 Å². The minimum absolute atomic E-state index is 0.594. The fraction of sp³-hybridized carbons (Fsp3) is 0.750. The van der Waals surface area contributed by atoms with Gasteiger partial charge >= 0.3 is 0 Å². The van der Waals surface area contributed by atoms with Gasteiger partial charge in [0.1, 0.15) is 0 Å². The Morgan fingerprint density at radius 3 is 2.50 bits per heavy atom. The maximum atomic E-state index is 4.15. The average Bonchev–Trinajstić information content (AvgIpc) is 2.50. The van der Waals surface area contributed by atoms with Gasteiger partial charge in [0.05, 0.1) is 6.33 Å². The topological polar surface area (TPSA) is 17.8 Å². The normalized spacial score (nSPS) is 13.5. The van der Waals surface area contributed by atoms with Gasteiger partial charge in [-0.2, -0.15) is 0 Å². The number of aryl methyl sites for hydroxylation is 1. The van der Waals surface area contributed by atoms with E-state index in [-0.39, 0.29) is 0 Å². The smallest absolute Gasteiger partial charge is 0.0950 e. The van der Waals surface area contributed by atoms with E-state index in [2.05, 4.69) is 37.2 Å². The molecule has 1 aromatic rings. The second-order valence-electron chi connectivity index (χ2n) is 4.62. The molecule has 0 spiro atoms. The zero-order chi connectivity index (χ0) is 10.6. The predicted molar refractivity (Wildman–Crippen MR) is 60.4 cm³/mol. The van der Waals surface area contributed by atoms with Crippen LogP contribution in [0.4, 0.5) is 0 Å². The summed E-state index contributed by atoms with van der Waals surface area (Å²) in [5.41, 5.74) is 1.27. The van der Waals surface area contributed by atoms with E-state index in [1.54, 1.807) is 0 Å². The summed E-state index contributed by atoms with van der Waals surface area (Å²) in [5, 5.41) is 0. The maximum Gasteiger partial charge on any atom is 0.0950 e. The van der Waals surface area contributed by atoms with Crippen LogP contribution in [0.5, 0.6) is 0 Å². The van der Waals surface area contributed by atoms with Crippen molar-refractivity contribution in [2.45, 2.75) is 53.0 Å². The Kier molecular flexibility index (Phi) is 4.18. The van der Waals surface area contributed by atoms with Crippen molar-refractivity contribution in [3.8, 4) is 0 Å². The minimum Gasteiger partial charge on any atom is -0.332 e. The molecule has 0 N–H and O–H groups in total. The van der Waals surface area contributed by atoms with E-state index in [4.69, 9.17) is 0 Å². The molecule has 0 saturated heterocycles. The summed E-state index contributed by atoms with van der Waals surface area (Å²) in [6.45, 7) is 8.96. The molecule has 0 aromatic carbocycles. The van der Waals surface area contributed by atoms with Crippen molar-refractivity contribution in [1.29, 1.82) is 0 Å². The van der Waals surface area contributed by atoms with E-state index in [1.807, 2.05) is 12.5 Å². The van der Waals surface area contributed by atoms with Crippen molar-refractivity contribution in [2.24, 2.45) is 5.92 Å². The lowest BCUT2D eigenvalue weighted by atomic mass is 10.0. The first kappa shape index (κ1) is 11.3. The van der Waals surface area contributed by atoms with Gasteiger partial charge in [0.2, 0.25) is 0 Å². The van der Waals surface area contributed by atoms with Crippen molar-refractivity contribution in [3.05, 3.63) is 18.2 Å². The molecule has 1 unspecified atom stereocenters. The summed E-state index contributed by atoms with van der Waals surface area (Å²) in [7, 11) is 0. The van der Waals surface area contributed by atoms with E-state index in [9.17, 15) is 0 Å². The molecular formula is C12H22N2. The van der Waals surface area contributed by atoms with Crippen LogP contribution in [-0.2, 0) is 0 Å². The Bertz CT molecular complexity index is 263. The average molecular weight is 194 g/mol. The molecular weight excluding hydrogens is 172 g/mol. The Labute approximate surface area is 87.4 Å². The highest BCUT2D eigenvalue weighted by Gasteiger charge is 2.06. The number of rotatable bonds is 5. The first-order chi connectivity index (χ1) is 6.61. The summed E-state index contributed by atoms with van der Waals surface area (Å²) < 4.78 is 2.26. The number of hydrogen-bond donors (Lipinski definition) is 0. The molecule has 14 heavy (non-hydrogen) atoms. The molecule has 0 aliphatic carbocycles. The quantitative estimate of drug-likeness (QED) is 0.700. The second-order valence-corrected chi connectivity index (χ2v) is 4.62. The number of nitrogens with zero attached hydrogens (tertiary/aromatic N) is 2. The summed E-state index contributed by atoms with van der Waals surface area (Å²) in [4.78, 5) is 4.15. The van der Waals surface area contributed by atoms with Crippen LogP contribution < -0.4 is 0 Å². The van der Waals surface area contributed by atoms with Crippen LogP contribution in [0, 0.1) is 12.8 Å². The first-order valence-corrected chi connectivity index (χ1v) is 5.59. The molecule has 0 bridgehead atoms. The standard InChI is InChI=1S/C12H22N2/c1-10(2)6-5-7-11(3)14-9-13-8-12(14)4/h8-11H,5-7H2,1-4H3. The highest BCUT2D eigenvalue weighted by Crippen LogP contribution is 2.18. The summed E-state index contributed by atoms with van der Waals surface area (Å²) in [6, 6.07) is 0.594. The van der Waals surface area contributed by atoms with Crippen molar-refractivity contribution in [2.75, 3.05) is 0 Å². The largest absolute Gasteiger partial charge is 0.332 e. The van der Waals surface area contributed by atoms with Crippen LogP contribution in [0.15, 0.2) is 12.5 Å². The van der Waals surface area contributed by atoms with Crippen molar-refractivity contribution < 1.29 is 0 Å². The minimum atomic E-state index is 0.594. The zero-order valence-electron chi connectivity index (χ0n) is 9.83. The van der Waals surface area contributed by atoms with E-state index in [0.29, 0.717) is 6.04 Å². The number of aromatic nitrogens is 2. The van der Waals surface area contributed by atoms with Crippen LogP contribution in [0.1, 0.15) is 51.8 Å². The van der Waals surface area contributed by atoms with Gasteiger partial charge in [0.25, 0.3) is 0 Å². The van der Waals surface area contributed by atoms with Gasteiger partial charge in [-0.25, -0.2) is 4.98 Å². The Morgan fingerprint density at radius 2 is 2.00 bits per heavy atom. The predicted octanol–water partition coefficient (Wildman–Crippen LogP) is 3.58. The molecule has 0 amide bonds. The van der Waals surface area contributed by atoms with E-state index in [0.717, 1.165) is 5.92 Å². The highest BCUT2D eigenvalue weighted by molar-refractivity contribution is 4.96. The molecule has 80 valence electrons. The molecule has 0 saturated carbocycles. The fourth-order valence-electron chi connectivity index (χ4n) is 1.79. The molecule has 0 radical (unpaired) electrons. The Morgan fingerprint density at radius 1 is 1.29 bits per heavy atom. The molecule has 0 aliphatic heterocycles. The number of imidazole rings is 1. The molecule has 1 atom stereocenters. The first-order valence-electron chi connectivity index (χ1n) is 5.59. The van der Waals surface area contributed by atoms with Gasteiger partial charge in [-0.05, 0) is 26.2 Å². The Hall–Kier alpha value is -0.790. The lowest BCUT2D eigenvalue weighted by molar-refractivity contribution is 0.442. The van der Waals surface area contributed by atoms with Crippen LogP contribution in [0.3, 0.4) is 0 Å². The third-order valence-electron chi connectivity index (χ3n) is 2.74. The lowest BCUT2D eigenvalue weighted by Gasteiger charge is -2.15. The molecule has 0 fully saturated rings. The molecule has 1 heterocycles. The van der Waals surface area contributed by atoms with Gasteiger partial charge in [-0.1, -0.05) is 26.7 Å². The van der Waals surface area contributed by atoms with Crippen LogP contribution in [0.25, 0.3) is 0 Å². The molecule has 2 heteroatoms. The zero-order valence-corrected chi connectivity index (χ0v) is 9.83. The second kappa shape index (κ2) is 5.18. The summed E-state index contributed by atoms with van der Waals surface area (Å²) in [6.07, 6.45) is 7.78. The molecule has 1 rings (SSSR count). The van der Waals surface area contributed by atoms with Crippen molar-refractivity contribution in [3.63, 3.8) is 0 Å². The summed E-state index contributed by atoms with van der Waals surface area (Å²) in [5.74, 6) is 0.825. The molecule has 0 aliphatic rings. The highest BCUT2D eigenvalue weighted by atomic mass is 15.1. The third-order valence-corrected chi connectivity index (χ3v) is 2.74. The number of hydrogen-bond acceptors (Lipinski definition) is 1. The van der Waals surface area contributed by atoms with Gasteiger partial charge < -0.3 is 4.57 Å². The monoisotopic (exact) mass is 194 g/mol. The Balaban J connectivity index is 2.36. The van der Waals surface area contributed by atoms with Gasteiger partial charge in [0.15, 0.2) is 0 Å². The molecule has 2 nitrogen and oxygen atoms in total.